The van der Waals surface area contributed by atoms with Crippen LogP contribution in [0.3, 0.4) is 0 Å². The third kappa shape index (κ3) is 4.52. The summed E-state index contributed by atoms with van der Waals surface area (Å²) >= 11 is 6.21. The number of halogens is 2. The van der Waals surface area contributed by atoms with Crippen LogP contribution in [0.5, 0.6) is 5.75 Å². The van der Waals surface area contributed by atoms with E-state index < -0.39 is 0 Å². The summed E-state index contributed by atoms with van der Waals surface area (Å²) in [4.78, 5) is 2.46. The molecule has 1 aromatic rings. The second kappa shape index (κ2) is 8.73. The van der Waals surface area contributed by atoms with Crippen molar-refractivity contribution >= 4 is 24.0 Å². The normalized spacial score (nSPS) is 16.8. The summed E-state index contributed by atoms with van der Waals surface area (Å²) in [6.07, 6.45) is 2.39. The lowest BCUT2D eigenvalue weighted by atomic mass is 9.97. The van der Waals surface area contributed by atoms with Crippen LogP contribution in [-0.4, -0.2) is 31.1 Å². The zero-order valence-electron chi connectivity index (χ0n) is 12.0. The molecule has 1 fully saturated rings. The van der Waals surface area contributed by atoms with Crippen LogP contribution in [0, 0.1) is 5.92 Å². The SMILES string of the molecule is CCOc1c(Cl)cccc1CN1CCC(CN)CC1.Cl. The van der Waals surface area contributed by atoms with E-state index in [0.29, 0.717) is 17.5 Å². The minimum absolute atomic E-state index is 0. The molecule has 0 bridgehead atoms. The molecule has 0 radical (unpaired) electrons. The molecular formula is C15H24Cl2N2O. The first-order valence-corrected chi connectivity index (χ1v) is 7.45. The Morgan fingerprint density at radius 3 is 2.65 bits per heavy atom. The van der Waals surface area contributed by atoms with Gasteiger partial charge in [-0.05, 0) is 51.4 Å². The Balaban J connectivity index is 0.00000200. The number of hydrogen-bond acceptors (Lipinski definition) is 3. The monoisotopic (exact) mass is 318 g/mol. The standard InChI is InChI=1S/C15H23ClN2O.ClH/c1-2-19-15-13(4-3-5-14(15)16)11-18-8-6-12(10-17)7-9-18;/h3-5,12H,2,6-11,17H2,1H3;1H. The Bertz CT molecular complexity index is 407. The predicted molar refractivity (Wildman–Crippen MR) is 86.9 cm³/mol. The Morgan fingerprint density at radius 2 is 2.05 bits per heavy atom. The number of para-hydroxylation sites is 1. The van der Waals surface area contributed by atoms with E-state index in [1.165, 1.54) is 18.4 Å². The van der Waals surface area contributed by atoms with Gasteiger partial charge >= 0.3 is 0 Å². The summed E-state index contributed by atoms with van der Waals surface area (Å²) in [5.74, 6) is 1.54. The smallest absolute Gasteiger partial charge is 0.142 e. The van der Waals surface area contributed by atoms with Crippen LogP contribution in [0.1, 0.15) is 25.3 Å². The third-order valence-corrected chi connectivity index (χ3v) is 4.07. The fraction of sp³-hybridized carbons (Fsp3) is 0.600. The fourth-order valence-corrected chi connectivity index (χ4v) is 2.85. The van der Waals surface area contributed by atoms with Crippen LogP contribution in [0.25, 0.3) is 0 Å². The van der Waals surface area contributed by atoms with E-state index in [1.54, 1.807) is 0 Å². The molecule has 1 saturated heterocycles. The number of benzene rings is 1. The van der Waals surface area contributed by atoms with Crippen molar-refractivity contribution in [2.45, 2.75) is 26.3 Å². The minimum atomic E-state index is 0. The molecular weight excluding hydrogens is 295 g/mol. The average molecular weight is 319 g/mol. The van der Waals surface area contributed by atoms with Gasteiger partial charge in [0, 0.05) is 12.1 Å². The molecule has 1 heterocycles. The number of piperidine rings is 1. The van der Waals surface area contributed by atoms with Gasteiger partial charge in [-0.25, -0.2) is 0 Å². The quantitative estimate of drug-likeness (QED) is 0.905. The van der Waals surface area contributed by atoms with Crippen LogP contribution in [0.4, 0.5) is 0 Å². The van der Waals surface area contributed by atoms with Crippen LogP contribution in [-0.2, 0) is 6.54 Å². The van der Waals surface area contributed by atoms with Gasteiger partial charge in [-0.15, -0.1) is 12.4 Å². The van der Waals surface area contributed by atoms with Crippen LogP contribution >= 0.6 is 24.0 Å². The van der Waals surface area contributed by atoms with Gasteiger partial charge in [-0.3, -0.25) is 4.90 Å². The number of rotatable bonds is 5. The first-order valence-electron chi connectivity index (χ1n) is 7.07. The van der Waals surface area contributed by atoms with E-state index in [-0.39, 0.29) is 12.4 Å². The van der Waals surface area contributed by atoms with Crippen LogP contribution < -0.4 is 10.5 Å². The van der Waals surface area contributed by atoms with Crippen molar-refractivity contribution < 1.29 is 4.74 Å². The molecule has 1 aliphatic heterocycles. The van der Waals surface area contributed by atoms with E-state index in [1.807, 2.05) is 19.1 Å². The van der Waals surface area contributed by atoms with Crippen molar-refractivity contribution in [3.8, 4) is 5.75 Å². The summed E-state index contributed by atoms with van der Waals surface area (Å²) in [6.45, 7) is 6.58. The molecule has 3 nitrogen and oxygen atoms in total. The largest absolute Gasteiger partial charge is 0.492 e. The number of nitrogens with zero attached hydrogens (tertiary/aromatic N) is 1. The van der Waals surface area contributed by atoms with Crippen LogP contribution in [0.2, 0.25) is 5.02 Å². The number of hydrogen-bond donors (Lipinski definition) is 1. The Labute approximate surface area is 132 Å². The minimum Gasteiger partial charge on any atom is -0.492 e. The highest BCUT2D eigenvalue weighted by Crippen LogP contribution is 2.30. The van der Waals surface area contributed by atoms with Gasteiger partial charge in [0.1, 0.15) is 5.75 Å². The van der Waals surface area contributed by atoms with Crippen molar-refractivity contribution in [3.63, 3.8) is 0 Å². The molecule has 1 aromatic carbocycles. The molecule has 0 atom stereocenters. The first kappa shape index (κ1) is 17.6. The number of likely N-dealkylation sites (tertiary alicyclic amines) is 1. The van der Waals surface area contributed by atoms with Crippen molar-refractivity contribution in [2.24, 2.45) is 11.7 Å². The third-order valence-electron chi connectivity index (χ3n) is 3.77. The molecule has 20 heavy (non-hydrogen) atoms. The predicted octanol–water partition coefficient (Wildman–Crippen LogP) is 3.33. The Hall–Kier alpha value is -0.480. The maximum absolute atomic E-state index is 6.21. The van der Waals surface area contributed by atoms with Crippen LogP contribution in [0.15, 0.2) is 18.2 Å². The zero-order chi connectivity index (χ0) is 13.7. The van der Waals surface area contributed by atoms with Gasteiger partial charge in [-0.1, -0.05) is 23.7 Å². The van der Waals surface area contributed by atoms with Crippen molar-refractivity contribution in [1.82, 2.24) is 4.90 Å². The molecule has 0 aromatic heterocycles. The molecule has 2 N–H and O–H groups in total. The molecule has 114 valence electrons. The topological polar surface area (TPSA) is 38.5 Å². The highest BCUT2D eigenvalue weighted by atomic mass is 35.5. The molecule has 5 heteroatoms. The molecule has 0 spiro atoms. The summed E-state index contributed by atoms with van der Waals surface area (Å²) in [5, 5.41) is 0.705. The van der Waals surface area contributed by atoms with Gasteiger partial charge in [-0.2, -0.15) is 0 Å². The maximum atomic E-state index is 6.21. The summed E-state index contributed by atoms with van der Waals surface area (Å²) in [7, 11) is 0. The van der Waals surface area contributed by atoms with E-state index in [0.717, 1.165) is 31.9 Å². The summed E-state index contributed by atoms with van der Waals surface area (Å²) in [6, 6.07) is 5.98. The summed E-state index contributed by atoms with van der Waals surface area (Å²) in [5.41, 5.74) is 6.91. The number of ether oxygens (including phenoxy) is 1. The second-order valence-corrected chi connectivity index (χ2v) is 5.52. The van der Waals surface area contributed by atoms with Gasteiger partial charge < -0.3 is 10.5 Å². The van der Waals surface area contributed by atoms with Gasteiger partial charge in [0.15, 0.2) is 0 Å². The van der Waals surface area contributed by atoms with E-state index in [4.69, 9.17) is 22.1 Å². The van der Waals surface area contributed by atoms with Gasteiger partial charge in [0.2, 0.25) is 0 Å². The van der Waals surface area contributed by atoms with E-state index in [2.05, 4.69) is 11.0 Å². The van der Waals surface area contributed by atoms with Gasteiger partial charge in [0.25, 0.3) is 0 Å². The molecule has 2 rings (SSSR count). The first-order chi connectivity index (χ1) is 9.24. The summed E-state index contributed by atoms with van der Waals surface area (Å²) < 4.78 is 5.67. The molecule has 1 aliphatic rings. The Morgan fingerprint density at radius 1 is 1.35 bits per heavy atom. The Kier molecular flexibility index (Phi) is 7.67. The van der Waals surface area contributed by atoms with E-state index in [9.17, 15) is 0 Å². The van der Waals surface area contributed by atoms with Crippen molar-refractivity contribution in [2.75, 3.05) is 26.2 Å². The maximum Gasteiger partial charge on any atom is 0.142 e. The lowest BCUT2D eigenvalue weighted by Crippen LogP contribution is -2.35. The van der Waals surface area contributed by atoms with E-state index >= 15 is 0 Å². The lowest BCUT2D eigenvalue weighted by Gasteiger charge is -2.31. The molecule has 0 amide bonds. The van der Waals surface area contributed by atoms with Crippen molar-refractivity contribution in [1.29, 1.82) is 0 Å². The fourth-order valence-electron chi connectivity index (χ4n) is 2.61. The van der Waals surface area contributed by atoms with Gasteiger partial charge in [0.05, 0.1) is 11.6 Å². The zero-order valence-corrected chi connectivity index (χ0v) is 13.6. The average Bonchev–Trinajstić information content (AvgIpc) is 2.43. The number of nitrogens with two attached hydrogens (primary N) is 1. The molecule has 0 unspecified atom stereocenters. The molecule has 0 saturated carbocycles. The molecule has 0 aliphatic carbocycles. The second-order valence-electron chi connectivity index (χ2n) is 5.12. The van der Waals surface area contributed by atoms with Crippen molar-refractivity contribution in [3.05, 3.63) is 28.8 Å². The highest BCUT2D eigenvalue weighted by molar-refractivity contribution is 6.32. The highest BCUT2D eigenvalue weighted by Gasteiger charge is 2.19. The lowest BCUT2D eigenvalue weighted by molar-refractivity contribution is 0.178.